The molecule has 3 fully saturated rings. The Hall–Kier alpha value is -4.11. The summed E-state index contributed by atoms with van der Waals surface area (Å²) in [6.07, 6.45) is 5.94. The topological polar surface area (TPSA) is 193 Å². The SMILES string of the molecule is CC(C)Oc1cnc(O[C@@H]2C[C@H]3C(=O)N[C@]4(C(=O)NS(=O)(=O)C5CC5)C[C@H]4C=CCC[C@@H](C)C[C@@H](C)[C@H](NC(=O)O)C(=O)N3C2)c2cccc(Cl)c12. The minimum Gasteiger partial charge on any atom is -0.489 e. The van der Waals surface area contributed by atoms with Crippen LogP contribution in [0.1, 0.15) is 72.6 Å². The lowest BCUT2D eigenvalue weighted by Gasteiger charge is -2.32. The van der Waals surface area contributed by atoms with Crippen LogP contribution in [0.25, 0.3) is 10.8 Å². The minimum absolute atomic E-state index is 0.0191. The highest BCUT2D eigenvalue weighted by molar-refractivity contribution is 7.91. The Balaban J connectivity index is 1.35. The molecule has 4 amide bonds. The number of sulfonamides is 1. The number of hydrogen-bond acceptors (Lipinski definition) is 9. The van der Waals surface area contributed by atoms with Crippen molar-refractivity contribution in [3.8, 4) is 11.6 Å². The van der Waals surface area contributed by atoms with Crippen molar-refractivity contribution in [3.63, 3.8) is 0 Å². The molecule has 0 spiro atoms. The number of fused-ring (bicyclic) bond motifs is 3. The zero-order valence-corrected chi connectivity index (χ0v) is 31.2. The van der Waals surface area contributed by atoms with Gasteiger partial charge in [-0.15, -0.1) is 0 Å². The van der Waals surface area contributed by atoms with Crippen molar-refractivity contribution in [3.05, 3.63) is 41.6 Å². The summed E-state index contributed by atoms with van der Waals surface area (Å²) < 4.78 is 40.2. The Morgan fingerprint density at radius 2 is 1.90 bits per heavy atom. The predicted octanol–water partition coefficient (Wildman–Crippen LogP) is 4.16. The first-order valence-corrected chi connectivity index (χ1v) is 19.8. The van der Waals surface area contributed by atoms with Crippen LogP contribution in [0.5, 0.6) is 11.6 Å². The number of nitrogens with one attached hydrogen (secondary N) is 3. The van der Waals surface area contributed by atoms with E-state index in [0.717, 1.165) is 6.42 Å². The van der Waals surface area contributed by atoms with Crippen molar-refractivity contribution in [2.75, 3.05) is 6.54 Å². The lowest BCUT2D eigenvalue weighted by Crippen LogP contribution is -2.59. The smallest absolute Gasteiger partial charge is 0.405 e. The summed E-state index contributed by atoms with van der Waals surface area (Å²) in [5.41, 5.74) is -1.54. The van der Waals surface area contributed by atoms with E-state index in [0.29, 0.717) is 47.2 Å². The standard InChI is InChI=1S/C36H46ClN5O9S/c1-19(2)50-28-17-38-32(25-10-7-11-26(37)29(25)28)51-23-15-27-31(43)40-36(34(45)41-52(48,49)24-12-13-24)16-22(36)9-6-5-8-20(3)14-21(4)30(39-35(46)47)33(44)42(27)18-23/h6-7,9-11,17,19-24,27,30,39H,5,8,12-16,18H2,1-4H3,(H,40,43)(H,41,45)(H,46,47)/t20-,21-,22-,23-,27+,30+,36-/m1/s1. The van der Waals surface area contributed by atoms with E-state index in [1.54, 1.807) is 25.1 Å². The van der Waals surface area contributed by atoms with Crippen LogP contribution in [0.15, 0.2) is 36.5 Å². The highest BCUT2D eigenvalue weighted by Gasteiger charge is 2.62. The summed E-state index contributed by atoms with van der Waals surface area (Å²) in [7, 11) is -3.91. The number of allylic oxidation sites excluding steroid dienone is 1. The van der Waals surface area contributed by atoms with Crippen LogP contribution < -0.4 is 24.8 Å². The molecule has 282 valence electrons. The number of aromatic nitrogens is 1. The summed E-state index contributed by atoms with van der Waals surface area (Å²) >= 11 is 6.60. The van der Waals surface area contributed by atoms with Crippen LogP contribution in [0.2, 0.25) is 5.02 Å². The van der Waals surface area contributed by atoms with Crippen LogP contribution >= 0.6 is 11.6 Å². The number of carboxylic acid groups (broad SMARTS) is 1. The van der Waals surface area contributed by atoms with Gasteiger partial charge in [-0.05, 0) is 76.3 Å². The molecule has 14 nitrogen and oxygen atoms in total. The highest BCUT2D eigenvalue weighted by Crippen LogP contribution is 2.46. The number of hydrogen-bond donors (Lipinski definition) is 4. The Bertz CT molecular complexity index is 1890. The van der Waals surface area contributed by atoms with Gasteiger partial charge in [0.1, 0.15) is 29.5 Å². The van der Waals surface area contributed by atoms with E-state index in [-0.39, 0.29) is 37.3 Å². The Kier molecular flexibility index (Phi) is 10.7. The second-order valence-electron chi connectivity index (χ2n) is 14.9. The second kappa shape index (κ2) is 14.7. The zero-order chi connectivity index (χ0) is 37.5. The minimum atomic E-state index is -3.91. The van der Waals surface area contributed by atoms with Crippen LogP contribution in [0.3, 0.4) is 0 Å². The fourth-order valence-corrected chi connectivity index (χ4v) is 9.06. The van der Waals surface area contributed by atoms with Crippen LogP contribution in [0, 0.1) is 17.8 Å². The average molecular weight is 760 g/mol. The molecule has 52 heavy (non-hydrogen) atoms. The fraction of sp³-hybridized carbons (Fsp3) is 0.583. The number of amides is 4. The van der Waals surface area contributed by atoms with E-state index in [1.807, 2.05) is 32.9 Å². The molecule has 7 atom stereocenters. The number of rotatable bonds is 8. The molecule has 0 radical (unpaired) electrons. The molecule has 6 rings (SSSR count). The average Bonchev–Trinajstić information content (AvgIpc) is 3.99. The van der Waals surface area contributed by atoms with Crippen molar-refractivity contribution in [2.24, 2.45) is 17.8 Å². The molecular weight excluding hydrogens is 714 g/mol. The number of benzene rings is 1. The molecular formula is C36H46ClN5O9S. The van der Waals surface area contributed by atoms with Gasteiger partial charge in [-0.3, -0.25) is 19.1 Å². The molecule has 0 bridgehead atoms. The van der Waals surface area contributed by atoms with Gasteiger partial charge in [-0.1, -0.05) is 43.7 Å². The largest absolute Gasteiger partial charge is 0.489 e. The van der Waals surface area contributed by atoms with E-state index < -0.39 is 74.7 Å². The molecule has 0 unspecified atom stereocenters. The summed E-state index contributed by atoms with van der Waals surface area (Å²) in [6.45, 7) is 7.49. The predicted molar refractivity (Wildman–Crippen MR) is 192 cm³/mol. The Morgan fingerprint density at radius 3 is 2.60 bits per heavy atom. The number of halogens is 1. The van der Waals surface area contributed by atoms with E-state index in [9.17, 15) is 32.7 Å². The molecule has 2 aliphatic heterocycles. The normalized spacial score (nSPS) is 29.7. The first-order valence-electron chi connectivity index (χ1n) is 17.8. The molecule has 1 aromatic heterocycles. The van der Waals surface area contributed by atoms with E-state index in [4.69, 9.17) is 21.1 Å². The number of ether oxygens (including phenoxy) is 2. The van der Waals surface area contributed by atoms with Gasteiger partial charge in [0.25, 0.3) is 5.91 Å². The summed E-state index contributed by atoms with van der Waals surface area (Å²) in [6, 6.07) is 2.88. The van der Waals surface area contributed by atoms with E-state index in [2.05, 4.69) is 20.3 Å². The maximum atomic E-state index is 14.4. The van der Waals surface area contributed by atoms with Gasteiger partial charge in [0.15, 0.2) is 0 Å². The fourth-order valence-electron chi connectivity index (χ4n) is 7.43. The van der Waals surface area contributed by atoms with Gasteiger partial charge in [-0.25, -0.2) is 18.2 Å². The number of carbonyl (C=O) groups is 4. The molecule has 2 aliphatic carbocycles. The molecule has 16 heteroatoms. The third-order valence-electron chi connectivity index (χ3n) is 10.3. The molecule has 4 N–H and O–H groups in total. The summed E-state index contributed by atoms with van der Waals surface area (Å²) in [4.78, 5) is 60.2. The monoisotopic (exact) mass is 759 g/mol. The quantitative estimate of drug-likeness (QED) is 0.284. The molecule has 1 saturated heterocycles. The van der Waals surface area contributed by atoms with E-state index >= 15 is 0 Å². The lowest BCUT2D eigenvalue weighted by molar-refractivity contribution is -0.142. The molecule has 1 aromatic carbocycles. The van der Waals surface area contributed by atoms with Crippen molar-refractivity contribution in [2.45, 2.75) is 108 Å². The maximum absolute atomic E-state index is 14.4. The zero-order valence-electron chi connectivity index (χ0n) is 29.6. The summed E-state index contributed by atoms with van der Waals surface area (Å²) in [5.74, 6) is -2.21. The third-order valence-corrected chi connectivity index (χ3v) is 12.5. The molecule has 2 saturated carbocycles. The van der Waals surface area contributed by atoms with Crippen LogP contribution in [0.4, 0.5) is 4.79 Å². The lowest BCUT2D eigenvalue weighted by atomic mass is 9.88. The van der Waals surface area contributed by atoms with Gasteiger partial charge < -0.3 is 30.1 Å². The van der Waals surface area contributed by atoms with Gasteiger partial charge in [-0.2, -0.15) is 0 Å². The molecule has 4 aliphatic rings. The van der Waals surface area contributed by atoms with Gasteiger partial charge in [0.05, 0.1) is 29.1 Å². The second-order valence-corrected chi connectivity index (χ2v) is 17.3. The number of nitrogens with zero attached hydrogens (tertiary/aromatic N) is 2. The molecule has 2 aromatic rings. The van der Waals surface area contributed by atoms with Crippen LogP contribution in [-0.4, -0.2) is 88.8 Å². The highest BCUT2D eigenvalue weighted by atomic mass is 35.5. The Labute approximate surface area is 308 Å². The van der Waals surface area contributed by atoms with Gasteiger partial charge in [0, 0.05) is 23.1 Å². The van der Waals surface area contributed by atoms with Crippen molar-refractivity contribution in [1.29, 1.82) is 0 Å². The first-order chi connectivity index (χ1) is 24.6. The van der Waals surface area contributed by atoms with E-state index in [1.165, 1.54) is 11.1 Å². The maximum Gasteiger partial charge on any atom is 0.405 e. The van der Waals surface area contributed by atoms with Crippen molar-refractivity contribution in [1.82, 2.24) is 25.2 Å². The molecule has 3 heterocycles. The first kappa shape index (κ1) is 37.6. The van der Waals surface area contributed by atoms with Crippen LogP contribution in [-0.2, 0) is 24.4 Å². The van der Waals surface area contributed by atoms with Crippen molar-refractivity contribution >= 4 is 56.2 Å². The number of carbonyl (C=O) groups excluding carboxylic acids is 3. The summed E-state index contributed by atoms with van der Waals surface area (Å²) in [5, 5.41) is 15.9. The van der Waals surface area contributed by atoms with Gasteiger partial charge in [0.2, 0.25) is 27.7 Å². The Morgan fingerprint density at radius 1 is 1.15 bits per heavy atom. The van der Waals surface area contributed by atoms with Gasteiger partial charge >= 0.3 is 6.09 Å². The number of pyridine rings is 1. The third kappa shape index (κ3) is 7.94. The van der Waals surface area contributed by atoms with Crippen molar-refractivity contribution < 1.29 is 42.2 Å².